The number of nitrogens with zero attached hydrogens (tertiary/aromatic N) is 2. The first kappa shape index (κ1) is 22.5. The van der Waals surface area contributed by atoms with Crippen LogP contribution in [-0.2, 0) is 11.2 Å². The molecule has 0 radical (unpaired) electrons. The minimum Gasteiger partial charge on any atom is -0.382 e. The van der Waals surface area contributed by atoms with Crippen molar-refractivity contribution in [2.75, 3.05) is 46.4 Å². The summed E-state index contributed by atoms with van der Waals surface area (Å²) in [4.78, 5) is 6.87. The van der Waals surface area contributed by atoms with Gasteiger partial charge in [0.25, 0.3) is 0 Å². The minimum absolute atomic E-state index is 0.448. The SMILES string of the molecule is CCOCCCCNC(=NC)NCC(Cc1ccccc1)N(CC)CC. The predicted octanol–water partition coefficient (Wildman–Crippen LogP) is 2.92. The van der Waals surface area contributed by atoms with Crippen LogP contribution in [0.1, 0.15) is 39.2 Å². The number of benzene rings is 1. The molecule has 5 heteroatoms. The molecule has 148 valence electrons. The predicted molar refractivity (Wildman–Crippen MR) is 112 cm³/mol. The molecule has 0 aromatic heterocycles. The van der Waals surface area contributed by atoms with Gasteiger partial charge in [-0.25, -0.2) is 0 Å². The lowest BCUT2D eigenvalue weighted by atomic mass is 10.0. The van der Waals surface area contributed by atoms with Gasteiger partial charge >= 0.3 is 0 Å². The monoisotopic (exact) mass is 362 g/mol. The fraction of sp³-hybridized carbons (Fsp3) is 0.667. The van der Waals surface area contributed by atoms with Crippen molar-refractivity contribution in [1.29, 1.82) is 0 Å². The van der Waals surface area contributed by atoms with E-state index in [0.717, 1.165) is 64.6 Å². The maximum Gasteiger partial charge on any atom is 0.191 e. The van der Waals surface area contributed by atoms with Crippen LogP contribution in [-0.4, -0.2) is 63.3 Å². The van der Waals surface area contributed by atoms with Gasteiger partial charge in [-0.15, -0.1) is 0 Å². The first-order valence-electron chi connectivity index (χ1n) is 10.0. The standard InChI is InChI=1S/C21H38N4O/c1-5-25(6-2)20(17-19-13-9-8-10-14-19)18-24-21(22-4)23-15-11-12-16-26-7-3/h8-10,13-14,20H,5-7,11-12,15-18H2,1-4H3,(H2,22,23,24). The molecular formula is C21H38N4O. The van der Waals surface area contributed by atoms with Crippen LogP contribution < -0.4 is 10.6 Å². The van der Waals surface area contributed by atoms with Crippen molar-refractivity contribution in [1.82, 2.24) is 15.5 Å². The molecule has 0 aliphatic rings. The second kappa shape index (κ2) is 14.6. The first-order valence-corrected chi connectivity index (χ1v) is 10.0. The van der Waals surface area contributed by atoms with Crippen LogP contribution in [0.5, 0.6) is 0 Å². The highest BCUT2D eigenvalue weighted by Gasteiger charge is 2.16. The van der Waals surface area contributed by atoms with Crippen molar-refractivity contribution in [3.05, 3.63) is 35.9 Å². The third kappa shape index (κ3) is 9.20. The molecule has 1 aromatic rings. The fourth-order valence-corrected chi connectivity index (χ4v) is 3.07. The number of ether oxygens (including phenoxy) is 1. The largest absolute Gasteiger partial charge is 0.382 e. The van der Waals surface area contributed by atoms with Crippen molar-refractivity contribution in [3.63, 3.8) is 0 Å². The Hall–Kier alpha value is -1.59. The number of unbranched alkanes of at least 4 members (excludes halogenated alkanes) is 1. The van der Waals surface area contributed by atoms with E-state index in [2.05, 4.69) is 64.7 Å². The average Bonchev–Trinajstić information content (AvgIpc) is 2.68. The normalized spacial score (nSPS) is 13.0. The Kier molecular flexibility index (Phi) is 12.6. The van der Waals surface area contributed by atoms with Crippen LogP contribution in [0.4, 0.5) is 0 Å². The molecule has 1 unspecified atom stereocenters. The highest BCUT2D eigenvalue weighted by Crippen LogP contribution is 2.08. The van der Waals surface area contributed by atoms with Crippen LogP contribution >= 0.6 is 0 Å². The van der Waals surface area contributed by atoms with Gasteiger partial charge in [-0.1, -0.05) is 44.2 Å². The van der Waals surface area contributed by atoms with E-state index < -0.39 is 0 Å². The number of hydrogen-bond acceptors (Lipinski definition) is 3. The molecule has 0 amide bonds. The van der Waals surface area contributed by atoms with Crippen LogP contribution in [0, 0.1) is 0 Å². The third-order valence-electron chi connectivity index (χ3n) is 4.58. The van der Waals surface area contributed by atoms with Gasteiger partial charge < -0.3 is 15.4 Å². The van der Waals surface area contributed by atoms with E-state index in [0.29, 0.717) is 6.04 Å². The lowest BCUT2D eigenvalue weighted by Gasteiger charge is -2.30. The van der Waals surface area contributed by atoms with Gasteiger partial charge in [0.1, 0.15) is 0 Å². The number of rotatable bonds is 13. The summed E-state index contributed by atoms with van der Waals surface area (Å²) < 4.78 is 5.37. The van der Waals surface area contributed by atoms with Crippen molar-refractivity contribution >= 4 is 5.96 Å². The third-order valence-corrected chi connectivity index (χ3v) is 4.58. The summed E-state index contributed by atoms with van der Waals surface area (Å²) in [6, 6.07) is 11.2. The molecule has 1 aromatic carbocycles. The Morgan fingerprint density at radius 2 is 1.81 bits per heavy atom. The smallest absolute Gasteiger partial charge is 0.191 e. The minimum atomic E-state index is 0.448. The van der Waals surface area contributed by atoms with Crippen molar-refractivity contribution in [3.8, 4) is 0 Å². The summed E-state index contributed by atoms with van der Waals surface area (Å²) in [5, 5.41) is 6.91. The van der Waals surface area contributed by atoms with E-state index in [4.69, 9.17) is 4.74 Å². The van der Waals surface area contributed by atoms with Crippen molar-refractivity contribution < 1.29 is 4.74 Å². The van der Waals surface area contributed by atoms with E-state index in [1.807, 2.05) is 14.0 Å². The van der Waals surface area contributed by atoms with Crippen LogP contribution in [0.3, 0.4) is 0 Å². The summed E-state index contributed by atoms with van der Waals surface area (Å²) in [6.07, 6.45) is 3.21. The summed E-state index contributed by atoms with van der Waals surface area (Å²) >= 11 is 0. The van der Waals surface area contributed by atoms with Crippen LogP contribution in [0.2, 0.25) is 0 Å². The molecule has 1 atom stereocenters. The van der Waals surface area contributed by atoms with E-state index in [-0.39, 0.29) is 0 Å². The van der Waals surface area contributed by atoms with Crippen LogP contribution in [0.25, 0.3) is 0 Å². The second-order valence-electron chi connectivity index (χ2n) is 6.35. The van der Waals surface area contributed by atoms with Gasteiger partial charge in [0.05, 0.1) is 0 Å². The fourth-order valence-electron chi connectivity index (χ4n) is 3.07. The van der Waals surface area contributed by atoms with E-state index in [1.54, 1.807) is 0 Å². The van der Waals surface area contributed by atoms with Crippen molar-refractivity contribution in [2.24, 2.45) is 4.99 Å². The highest BCUT2D eigenvalue weighted by molar-refractivity contribution is 5.79. The molecule has 0 saturated carbocycles. The van der Waals surface area contributed by atoms with E-state index in [9.17, 15) is 0 Å². The molecule has 0 heterocycles. The number of aliphatic imine (C=N–C) groups is 1. The first-order chi connectivity index (χ1) is 12.7. The van der Waals surface area contributed by atoms with Crippen LogP contribution in [0.15, 0.2) is 35.3 Å². The second-order valence-corrected chi connectivity index (χ2v) is 6.35. The molecule has 26 heavy (non-hydrogen) atoms. The summed E-state index contributed by atoms with van der Waals surface area (Å²) in [6.45, 7) is 12.0. The molecule has 0 aliphatic heterocycles. The molecule has 5 nitrogen and oxygen atoms in total. The van der Waals surface area contributed by atoms with Gasteiger partial charge in [0.2, 0.25) is 0 Å². The summed E-state index contributed by atoms with van der Waals surface area (Å²) in [5.41, 5.74) is 1.38. The Morgan fingerprint density at radius 1 is 1.08 bits per heavy atom. The summed E-state index contributed by atoms with van der Waals surface area (Å²) in [7, 11) is 1.83. The topological polar surface area (TPSA) is 48.9 Å². The molecule has 2 N–H and O–H groups in total. The molecule has 1 rings (SSSR count). The quantitative estimate of drug-likeness (QED) is 0.322. The molecule has 0 saturated heterocycles. The lowest BCUT2D eigenvalue weighted by molar-refractivity contribution is 0.143. The Bertz CT molecular complexity index is 474. The molecular weight excluding hydrogens is 324 g/mol. The summed E-state index contributed by atoms with van der Waals surface area (Å²) in [5.74, 6) is 0.881. The number of nitrogens with one attached hydrogen (secondary N) is 2. The maximum atomic E-state index is 5.37. The van der Waals surface area contributed by atoms with E-state index in [1.165, 1.54) is 5.56 Å². The maximum absolute atomic E-state index is 5.37. The van der Waals surface area contributed by atoms with Gasteiger partial charge in [-0.05, 0) is 44.8 Å². The van der Waals surface area contributed by atoms with Gasteiger partial charge in [-0.3, -0.25) is 9.89 Å². The molecule has 0 spiro atoms. The average molecular weight is 363 g/mol. The lowest BCUT2D eigenvalue weighted by Crippen LogP contribution is -2.48. The number of likely N-dealkylation sites (N-methyl/N-ethyl adjacent to an activating group) is 1. The van der Waals surface area contributed by atoms with Gasteiger partial charge in [0.15, 0.2) is 5.96 Å². The Morgan fingerprint density at radius 3 is 2.42 bits per heavy atom. The molecule has 0 aliphatic carbocycles. The molecule has 0 bridgehead atoms. The Balaban J connectivity index is 2.47. The van der Waals surface area contributed by atoms with Crippen molar-refractivity contribution in [2.45, 2.75) is 46.1 Å². The zero-order valence-electron chi connectivity index (χ0n) is 17.1. The van der Waals surface area contributed by atoms with Gasteiger partial charge in [-0.2, -0.15) is 0 Å². The number of guanidine groups is 1. The Labute approximate surface area is 160 Å². The molecule has 0 fully saturated rings. The van der Waals surface area contributed by atoms with E-state index >= 15 is 0 Å². The van der Waals surface area contributed by atoms with Gasteiger partial charge in [0, 0.05) is 39.4 Å². The number of hydrogen-bond donors (Lipinski definition) is 2. The zero-order chi connectivity index (χ0) is 19.0. The highest BCUT2D eigenvalue weighted by atomic mass is 16.5. The zero-order valence-corrected chi connectivity index (χ0v) is 17.1.